The number of methoxy groups -OCH3 is 1. The van der Waals surface area contributed by atoms with Crippen LogP contribution in [-0.4, -0.2) is 58.6 Å². The molecule has 2 aromatic heterocycles. The highest BCUT2D eigenvalue weighted by atomic mass is 16.5. The molecular weight excluding hydrogens is 292 g/mol. The lowest BCUT2D eigenvalue weighted by Gasteiger charge is -2.19. The van der Waals surface area contributed by atoms with Gasteiger partial charge in [-0.25, -0.2) is 4.98 Å². The zero-order valence-electron chi connectivity index (χ0n) is 14.1. The third kappa shape index (κ3) is 3.09. The Morgan fingerprint density at radius 3 is 2.87 bits per heavy atom. The summed E-state index contributed by atoms with van der Waals surface area (Å²) in [5.74, 6) is -0.147. The van der Waals surface area contributed by atoms with Gasteiger partial charge in [-0.15, -0.1) is 0 Å². The van der Waals surface area contributed by atoms with Crippen LogP contribution in [0.25, 0.3) is 5.65 Å². The molecule has 124 valence electrons. The molecule has 1 saturated heterocycles. The number of carbonyl (C=O) groups is 1. The van der Waals surface area contributed by atoms with Gasteiger partial charge in [-0.3, -0.25) is 9.69 Å². The van der Waals surface area contributed by atoms with Crippen LogP contribution in [0.1, 0.15) is 29.9 Å². The number of fused-ring (bicyclic) bond motifs is 1. The van der Waals surface area contributed by atoms with E-state index in [2.05, 4.69) is 29.0 Å². The molecule has 1 fully saturated rings. The minimum Gasteiger partial charge on any atom is -0.378 e. The van der Waals surface area contributed by atoms with Gasteiger partial charge in [0, 0.05) is 38.6 Å². The highest BCUT2D eigenvalue weighted by Crippen LogP contribution is 2.17. The van der Waals surface area contributed by atoms with Gasteiger partial charge in [0.15, 0.2) is 0 Å². The molecule has 2 atom stereocenters. The van der Waals surface area contributed by atoms with Gasteiger partial charge in [0.05, 0.1) is 12.1 Å². The highest BCUT2D eigenvalue weighted by molar-refractivity contribution is 5.93. The van der Waals surface area contributed by atoms with Crippen molar-refractivity contribution in [3.8, 4) is 0 Å². The Bertz CT molecular complexity index is 710. The van der Waals surface area contributed by atoms with Crippen LogP contribution in [0.4, 0.5) is 0 Å². The SMILES string of the molecule is COC1CN(C(C)C)CC1NC(=O)c1cn2cccc(C)c2n1. The van der Waals surface area contributed by atoms with E-state index in [1.165, 1.54) is 0 Å². The standard InChI is InChI=1S/C17H24N4O2/c1-11(2)21-8-13(15(10-21)23-4)19-17(22)14-9-20-7-5-6-12(3)16(20)18-14/h5-7,9,11,13,15H,8,10H2,1-4H3,(H,19,22). The molecule has 2 unspecified atom stereocenters. The predicted octanol–water partition coefficient (Wildman–Crippen LogP) is 1.48. The first-order valence-electron chi connectivity index (χ1n) is 8.01. The van der Waals surface area contributed by atoms with Crippen molar-refractivity contribution in [3.63, 3.8) is 0 Å². The minimum absolute atomic E-state index is 0.0131. The second kappa shape index (κ2) is 6.29. The Morgan fingerprint density at radius 2 is 2.22 bits per heavy atom. The number of aryl methyl sites for hydroxylation is 1. The first-order valence-corrected chi connectivity index (χ1v) is 8.01. The van der Waals surface area contributed by atoms with Crippen molar-refractivity contribution in [1.82, 2.24) is 19.6 Å². The fourth-order valence-electron chi connectivity index (χ4n) is 3.11. The topological polar surface area (TPSA) is 58.9 Å². The number of carbonyl (C=O) groups excluding carboxylic acids is 1. The molecule has 6 heteroatoms. The maximum absolute atomic E-state index is 12.6. The van der Waals surface area contributed by atoms with E-state index in [4.69, 9.17) is 4.74 Å². The zero-order valence-corrected chi connectivity index (χ0v) is 14.1. The number of hydrogen-bond acceptors (Lipinski definition) is 4. The molecule has 0 spiro atoms. The van der Waals surface area contributed by atoms with Crippen molar-refractivity contribution < 1.29 is 9.53 Å². The predicted molar refractivity (Wildman–Crippen MR) is 88.7 cm³/mol. The maximum atomic E-state index is 12.6. The molecule has 0 saturated carbocycles. The Balaban J connectivity index is 1.76. The van der Waals surface area contributed by atoms with Crippen molar-refractivity contribution in [2.24, 2.45) is 0 Å². The lowest BCUT2D eigenvalue weighted by atomic mass is 10.2. The quantitative estimate of drug-likeness (QED) is 0.928. The number of amides is 1. The second-order valence-electron chi connectivity index (χ2n) is 6.45. The minimum atomic E-state index is -0.147. The van der Waals surface area contributed by atoms with Crippen LogP contribution in [0.15, 0.2) is 24.5 Å². The van der Waals surface area contributed by atoms with Crippen LogP contribution in [0.5, 0.6) is 0 Å². The number of rotatable bonds is 4. The van der Waals surface area contributed by atoms with Crippen LogP contribution in [-0.2, 0) is 4.74 Å². The number of hydrogen-bond donors (Lipinski definition) is 1. The van der Waals surface area contributed by atoms with E-state index in [9.17, 15) is 4.79 Å². The highest BCUT2D eigenvalue weighted by Gasteiger charge is 2.35. The zero-order chi connectivity index (χ0) is 16.6. The summed E-state index contributed by atoms with van der Waals surface area (Å²) in [6.07, 6.45) is 3.69. The lowest BCUT2D eigenvalue weighted by molar-refractivity contribution is 0.0750. The van der Waals surface area contributed by atoms with Gasteiger partial charge in [-0.2, -0.15) is 0 Å². The van der Waals surface area contributed by atoms with Gasteiger partial charge in [-0.1, -0.05) is 6.07 Å². The molecule has 1 aliphatic rings. The molecule has 0 bridgehead atoms. The molecule has 1 amide bonds. The van der Waals surface area contributed by atoms with Gasteiger partial charge in [-0.05, 0) is 32.4 Å². The van der Waals surface area contributed by atoms with Crippen molar-refractivity contribution >= 4 is 11.6 Å². The molecular formula is C17H24N4O2. The van der Waals surface area contributed by atoms with E-state index in [1.807, 2.05) is 29.7 Å². The number of aromatic nitrogens is 2. The number of ether oxygens (including phenoxy) is 1. The van der Waals surface area contributed by atoms with Gasteiger partial charge in [0.25, 0.3) is 5.91 Å². The Labute approximate surface area is 136 Å². The summed E-state index contributed by atoms with van der Waals surface area (Å²) in [7, 11) is 1.70. The monoisotopic (exact) mass is 316 g/mol. The van der Waals surface area contributed by atoms with Crippen LogP contribution in [0.2, 0.25) is 0 Å². The molecule has 3 heterocycles. The normalized spacial score (nSPS) is 22.1. The summed E-state index contributed by atoms with van der Waals surface area (Å²) >= 11 is 0. The Hall–Kier alpha value is -1.92. The third-order valence-electron chi connectivity index (χ3n) is 4.55. The van der Waals surface area contributed by atoms with Crippen LogP contribution in [0.3, 0.4) is 0 Å². The number of pyridine rings is 1. The maximum Gasteiger partial charge on any atom is 0.271 e. The number of nitrogens with zero attached hydrogens (tertiary/aromatic N) is 3. The van der Waals surface area contributed by atoms with Gasteiger partial charge < -0.3 is 14.5 Å². The van der Waals surface area contributed by atoms with Crippen molar-refractivity contribution in [3.05, 3.63) is 35.8 Å². The summed E-state index contributed by atoms with van der Waals surface area (Å²) in [5, 5.41) is 3.08. The molecule has 0 aliphatic carbocycles. The fourth-order valence-corrected chi connectivity index (χ4v) is 3.11. The molecule has 2 aromatic rings. The number of likely N-dealkylation sites (tertiary alicyclic amines) is 1. The fraction of sp³-hybridized carbons (Fsp3) is 0.529. The number of nitrogens with one attached hydrogen (secondary N) is 1. The first kappa shape index (κ1) is 16.0. The van der Waals surface area contributed by atoms with Crippen LogP contribution < -0.4 is 5.32 Å². The van der Waals surface area contributed by atoms with E-state index in [-0.39, 0.29) is 18.1 Å². The summed E-state index contributed by atoms with van der Waals surface area (Å²) in [6.45, 7) is 7.93. The van der Waals surface area contributed by atoms with Gasteiger partial charge in [0.1, 0.15) is 11.3 Å². The second-order valence-corrected chi connectivity index (χ2v) is 6.45. The van der Waals surface area contributed by atoms with Crippen molar-refractivity contribution in [2.45, 2.75) is 39.0 Å². The lowest BCUT2D eigenvalue weighted by Crippen LogP contribution is -2.43. The average molecular weight is 316 g/mol. The van der Waals surface area contributed by atoms with Crippen LogP contribution >= 0.6 is 0 Å². The average Bonchev–Trinajstić information content (AvgIpc) is 3.11. The smallest absolute Gasteiger partial charge is 0.271 e. The Kier molecular flexibility index (Phi) is 4.37. The largest absolute Gasteiger partial charge is 0.378 e. The molecule has 6 nitrogen and oxygen atoms in total. The molecule has 1 N–H and O–H groups in total. The molecule has 23 heavy (non-hydrogen) atoms. The molecule has 3 rings (SSSR count). The third-order valence-corrected chi connectivity index (χ3v) is 4.55. The van der Waals surface area contributed by atoms with Crippen LogP contribution in [0, 0.1) is 6.92 Å². The summed E-state index contributed by atoms with van der Waals surface area (Å²) in [6, 6.07) is 4.36. The first-order chi connectivity index (χ1) is 11.0. The van der Waals surface area contributed by atoms with Crippen molar-refractivity contribution in [2.75, 3.05) is 20.2 Å². The summed E-state index contributed by atoms with van der Waals surface area (Å²) < 4.78 is 7.42. The molecule has 0 radical (unpaired) electrons. The van der Waals surface area contributed by atoms with Crippen molar-refractivity contribution in [1.29, 1.82) is 0 Å². The molecule has 0 aromatic carbocycles. The van der Waals surface area contributed by atoms with E-state index >= 15 is 0 Å². The number of imidazole rings is 1. The summed E-state index contributed by atoms with van der Waals surface area (Å²) in [4.78, 5) is 19.3. The van der Waals surface area contributed by atoms with Gasteiger partial charge >= 0.3 is 0 Å². The van der Waals surface area contributed by atoms with Gasteiger partial charge in [0.2, 0.25) is 0 Å². The Morgan fingerprint density at radius 1 is 1.43 bits per heavy atom. The van der Waals surface area contributed by atoms with E-state index in [0.717, 1.165) is 24.3 Å². The van der Waals surface area contributed by atoms with E-state index < -0.39 is 0 Å². The summed E-state index contributed by atoms with van der Waals surface area (Å²) in [5.41, 5.74) is 2.31. The molecule has 1 aliphatic heterocycles. The van der Waals surface area contributed by atoms with E-state index in [1.54, 1.807) is 13.3 Å². The van der Waals surface area contributed by atoms with E-state index in [0.29, 0.717) is 11.7 Å².